The third kappa shape index (κ3) is 5.76. The van der Waals surface area contributed by atoms with E-state index in [9.17, 15) is 13.2 Å². The Balaban J connectivity index is 1.41. The Labute approximate surface area is 213 Å². The average molecular weight is 533 g/mol. The van der Waals surface area contributed by atoms with E-state index < -0.39 is 10.0 Å². The number of halogens is 1. The minimum Gasteiger partial charge on any atom is -0.467 e. The normalized spacial score (nSPS) is 15.1. The minimum absolute atomic E-state index is 0.0761. The molecular formula is C24H25ClN4O4S2. The number of amides is 1. The van der Waals surface area contributed by atoms with Crippen LogP contribution in [0.5, 0.6) is 0 Å². The number of hydrogen-bond donors (Lipinski definition) is 0. The molecule has 11 heteroatoms. The van der Waals surface area contributed by atoms with E-state index in [1.165, 1.54) is 21.7 Å². The van der Waals surface area contributed by atoms with Gasteiger partial charge in [-0.05, 0) is 49.6 Å². The number of carbonyl (C=O) groups excluding carboxylic acids is 1. The van der Waals surface area contributed by atoms with E-state index in [1.807, 2.05) is 6.92 Å². The third-order valence-corrected chi connectivity index (χ3v) is 9.34. The van der Waals surface area contributed by atoms with Crippen molar-refractivity contribution in [1.29, 1.82) is 5.26 Å². The Morgan fingerprint density at radius 3 is 2.77 bits per heavy atom. The van der Waals surface area contributed by atoms with Gasteiger partial charge in [0.05, 0.1) is 35.2 Å². The van der Waals surface area contributed by atoms with Gasteiger partial charge in [0.2, 0.25) is 10.0 Å². The lowest BCUT2D eigenvalue weighted by Crippen LogP contribution is -2.38. The van der Waals surface area contributed by atoms with Crippen LogP contribution in [0.3, 0.4) is 0 Å². The topological polar surface area (TPSA) is 108 Å². The molecule has 3 heterocycles. The summed E-state index contributed by atoms with van der Waals surface area (Å²) in [6.45, 7) is 3.11. The Kier molecular flexibility index (Phi) is 7.91. The van der Waals surface area contributed by atoms with Crippen LogP contribution in [0.15, 0.2) is 51.3 Å². The molecule has 3 aromatic rings. The lowest BCUT2D eigenvalue weighted by molar-refractivity contribution is 0.0730. The molecule has 0 radical (unpaired) electrons. The predicted octanol–water partition coefficient (Wildman–Crippen LogP) is 4.82. The highest BCUT2D eigenvalue weighted by Crippen LogP contribution is 2.33. The molecule has 0 atom stereocenters. The van der Waals surface area contributed by atoms with E-state index in [4.69, 9.17) is 21.3 Å². The van der Waals surface area contributed by atoms with E-state index in [0.717, 1.165) is 10.6 Å². The fraction of sp³-hybridized carbons (Fsp3) is 0.375. The number of nitrogens with zero attached hydrogens (tertiary/aromatic N) is 4. The first-order chi connectivity index (χ1) is 16.8. The lowest BCUT2D eigenvalue weighted by Gasteiger charge is -2.30. The number of nitriles is 1. The molecule has 1 fully saturated rings. The first-order valence-corrected chi connectivity index (χ1v) is 13.9. The molecule has 8 nitrogen and oxygen atoms in total. The molecule has 2 aromatic heterocycles. The van der Waals surface area contributed by atoms with Crippen LogP contribution < -0.4 is 0 Å². The Bertz CT molecular complexity index is 1320. The monoisotopic (exact) mass is 532 g/mol. The van der Waals surface area contributed by atoms with E-state index in [-0.39, 0.29) is 36.2 Å². The van der Waals surface area contributed by atoms with Crippen molar-refractivity contribution in [3.05, 3.63) is 69.0 Å². The maximum atomic E-state index is 13.1. The second-order valence-corrected chi connectivity index (χ2v) is 11.6. The second-order valence-electron chi connectivity index (χ2n) is 8.37. The van der Waals surface area contributed by atoms with Crippen molar-refractivity contribution in [1.82, 2.24) is 14.2 Å². The van der Waals surface area contributed by atoms with Crippen molar-refractivity contribution in [3.63, 3.8) is 0 Å². The molecule has 184 valence electrons. The van der Waals surface area contributed by atoms with Crippen LogP contribution in [0.25, 0.3) is 0 Å². The zero-order chi connectivity index (χ0) is 25.0. The van der Waals surface area contributed by atoms with Crippen molar-refractivity contribution in [3.8, 4) is 6.07 Å². The SMILES string of the molecule is Cc1ccc(S(=O)(=O)N2CCC(c3nc(C(=O)N(CCC#N)Cc4ccco4)cs3)CC2)cc1Cl. The van der Waals surface area contributed by atoms with Crippen LogP contribution in [0.2, 0.25) is 5.02 Å². The van der Waals surface area contributed by atoms with Gasteiger partial charge in [0.1, 0.15) is 11.5 Å². The standard InChI is InChI=1S/C24H25ClN4O4S2/c1-17-5-6-20(14-21(17)25)35(31,32)29-11-7-18(8-12-29)23-27-22(16-34-23)24(30)28(10-3-9-26)15-19-4-2-13-33-19/h2,4-6,13-14,16,18H,3,7-8,10-12,15H2,1H3. The summed E-state index contributed by atoms with van der Waals surface area (Å²) in [5.74, 6) is 0.456. The van der Waals surface area contributed by atoms with Gasteiger partial charge in [0.25, 0.3) is 5.91 Å². The van der Waals surface area contributed by atoms with E-state index >= 15 is 0 Å². The molecule has 4 rings (SSSR count). The van der Waals surface area contributed by atoms with E-state index in [1.54, 1.807) is 40.8 Å². The number of rotatable bonds is 8. The summed E-state index contributed by atoms with van der Waals surface area (Å²) < 4.78 is 32.9. The molecule has 1 saturated heterocycles. The molecule has 35 heavy (non-hydrogen) atoms. The number of benzene rings is 1. The number of piperidine rings is 1. The summed E-state index contributed by atoms with van der Waals surface area (Å²) in [6.07, 6.45) is 2.99. The highest BCUT2D eigenvalue weighted by Gasteiger charge is 2.32. The summed E-state index contributed by atoms with van der Waals surface area (Å²) >= 11 is 7.55. The molecule has 1 aliphatic rings. The quantitative estimate of drug-likeness (QED) is 0.411. The first kappa shape index (κ1) is 25.4. The Hall–Kier alpha value is -2.71. The number of hydrogen-bond acceptors (Lipinski definition) is 7. The van der Waals surface area contributed by atoms with Crippen molar-refractivity contribution < 1.29 is 17.6 Å². The van der Waals surface area contributed by atoms with Gasteiger partial charge in [-0.1, -0.05) is 17.7 Å². The second kappa shape index (κ2) is 10.9. The summed E-state index contributed by atoms with van der Waals surface area (Å²) in [4.78, 5) is 19.4. The van der Waals surface area contributed by atoms with Crippen LogP contribution in [0.1, 0.15) is 52.0 Å². The highest BCUT2D eigenvalue weighted by atomic mass is 35.5. The summed E-state index contributed by atoms with van der Waals surface area (Å²) in [5.41, 5.74) is 1.16. The zero-order valence-corrected chi connectivity index (χ0v) is 21.6. The summed E-state index contributed by atoms with van der Waals surface area (Å²) in [7, 11) is -3.62. The fourth-order valence-corrected chi connectivity index (χ4v) is 6.70. The molecule has 0 bridgehead atoms. The van der Waals surface area contributed by atoms with Crippen LogP contribution in [0.4, 0.5) is 0 Å². The largest absolute Gasteiger partial charge is 0.467 e. The van der Waals surface area contributed by atoms with E-state index in [0.29, 0.717) is 42.4 Å². The molecule has 0 unspecified atom stereocenters. The lowest BCUT2D eigenvalue weighted by atomic mass is 9.99. The maximum Gasteiger partial charge on any atom is 0.273 e. The fourth-order valence-electron chi connectivity index (χ4n) is 3.99. The number of carbonyl (C=O) groups is 1. The van der Waals surface area contributed by atoms with Crippen molar-refractivity contribution in [2.24, 2.45) is 0 Å². The first-order valence-electron chi connectivity index (χ1n) is 11.2. The van der Waals surface area contributed by atoms with Gasteiger partial charge in [-0.15, -0.1) is 11.3 Å². The van der Waals surface area contributed by atoms with Crippen molar-refractivity contribution >= 4 is 38.9 Å². The Morgan fingerprint density at radius 1 is 1.34 bits per heavy atom. The average Bonchev–Trinajstić information content (AvgIpc) is 3.55. The van der Waals surface area contributed by atoms with E-state index in [2.05, 4.69) is 11.1 Å². The predicted molar refractivity (Wildman–Crippen MR) is 133 cm³/mol. The molecule has 1 amide bonds. The number of sulfonamides is 1. The number of thiazole rings is 1. The van der Waals surface area contributed by atoms with Gasteiger partial charge in [-0.3, -0.25) is 4.79 Å². The van der Waals surface area contributed by atoms with Gasteiger partial charge >= 0.3 is 0 Å². The van der Waals surface area contributed by atoms with Crippen LogP contribution >= 0.6 is 22.9 Å². The van der Waals surface area contributed by atoms with Gasteiger partial charge in [-0.2, -0.15) is 9.57 Å². The summed E-state index contributed by atoms with van der Waals surface area (Å²) in [5, 5.41) is 11.9. The van der Waals surface area contributed by atoms with Gasteiger partial charge in [0, 0.05) is 36.0 Å². The van der Waals surface area contributed by atoms with Crippen LogP contribution in [0, 0.1) is 18.3 Å². The van der Waals surface area contributed by atoms with Crippen molar-refractivity contribution in [2.75, 3.05) is 19.6 Å². The molecule has 0 spiro atoms. The molecule has 0 saturated carbocycles. The Morgan fingerprint density at radius 2 is 2.11 bits per heavy atom. The van der Waals surface area contributed by atoms with Gasteiger partial charge < -0.3 is 9.32 Å². The van der Waals surface area contributed by atoms with Crippen molar-refractivity contribution in [2.45, 2.75) is 43.5 Å². The molecular weight excluding hydrogens is 508 g/mol. The third-order valence-electron chi connectivity index (χ3n) is 6.03. The number of aromatic nitrogens is 1. The molecule has 0 N–H and O–H groups in total. The summed E-state index contributed by atoms with van der Waals surface area (Å²) in [6, 6.07) is 10.4. The molecule has 1 aliphatic heterocycles. The number of aryl methyl sites for hydroxylation is 1. The minimum atomic E-state index is -3.62. The molecule has 1 aromatic carbocycles. The van der Waals surface area contributed by atoms with Crippen LogP contribution in [-0.2, 0) is 16.6 Å². The number of furan rings is 1. The highest BCUT2D eigenvalue weighted by molar-refractivity contribution is 7.89. The smallest absolute Gasteiger partial charge is 0.273 e. The van der Waals surface area contributed by atoms with Crippen LogP contribution in [-0.4, -0.2) is 48.1 Å². The van der Waals surface area contributed by atoms with Gasteiger partial charge in [0.15, 0.2) is 0 Å². The zero-order valence-electron chi connectivity index (χ0n) is 19.2. The maximum absolute atomic E-state index is 13.1. The van der Waals surface area contributed by atoms with Gasteiger partial charge in [-0.25, -0.2) is 13.4 Å². The molecule has 0 aliphatic carbocycles.